The molecule has 7 heteroatoms. The molecule has 0 atom stereocenters. The highest BCUT2D eigenvalue weighted by atomic mass is 32.1. The monoisotopic (exact) mass is 291 g/mol. The molecule has 1 saturated heterocycles. The van der Waals surface area contributed by atoms with Gasteiger partial charge in [0.2, 0.25) is 0 Å². The SMILES string of the molecule is Cc1nccn1-c1ncc(B2OC(C)(C)C(C)(C)O2)s1. The van der Waals surface area contributed by atoms with Crippen molar-refractivity contribution in [2.24, 2.45) is 0 Å². The molecule has 0 radical (unpaired) electrons. The summed E-state index contributed by atoms with van der Waals surface area (Å²) in [5.74, 6) is 0.916. The van der Waals surface area contributed by atoms with Crippen LogP contribution in [0.5, 0.6) is 0 Å². The van der Waals surface area contributed by atoms with Gasteiger partial charge in [-0.25, -0.2) is 9.97 Å². The van der Waals surface area contributed by atoms with Crippen molar-refractivity contribution in [3.63, 3.8) is 0 Å². The molecule has 0 aromatic carbocycles. The molecule has 0 bridgehead atoms. The van der Waals surface area contributed by atoms with E-state index in [0.717, 1.165) is 15.7 Å². The van der Waals surface area contributed by atoms with Crippen molar-refractivity contribution < 1.29 is 9.31 Å². The van der Waals surface area contributed by atoms with Crippen molar-refractivity contribution in [2.45, 2.75) is 45.8 Å². The largest absolute Gasteiger partial charge is 0.507 e. The van der Waals surface area contributed by atoms with Gasteiger partial charge >= 0.3 is 7.12 Å². The van der Waals surface area contributed by atoms with Gasteiger partial charge in [-0.3, -0.25) is 4.57 Å². The van der Waals surface area contributed by atoms with E-state index >= 15 is 0 Å². The molecule has 2 aromatic rings. The van der Waals surface area contributed by atoms with Crippen LogP contribution < -0.4 is 4.78 Å². The number of hydrogen-bond donors (Lipinski definition) is 0. The molecule has 1 fully saturated rings. The highest BCUT2D eigenvalue weighted by Crippen LogP contribution is 2.36. The first kappa shape index (κ1) is 13.8. The van der Waals surface area contributed by atoms with E-state index in [2.05, 4.69) is 37.7 Å². The zero-order valence-electron chi connectivity index (χ0n) is 12.4. The van der Waals surface area contributed by atoms with E-state index in [1.54, 1.807) is 17.5 Å². The molecular weight excluding hydrogens is 273 g/mol. The maximum absolute atomic E-state index is 6.03. The summed E-state index contributed by atoms with van der Waals surface area (Å²) in [5.41, 5.74) is -0.653. The van der Waals surface area contributed by atoms with Gasteiger partial charge in [-0.15, -0.1) is 11.3 Å². The van der Waals surface area contributed by atoms with Gasteiger partial charge in [-0.1, -0.05) is 0 Å². The first-order valence-electron chi connectivity index (χ1n) is 6.62. The van der Waals surface area contributed by atoms with E-state index in [1.165, 1.54) is 0 Å². The molecule has 1 aliphatic rings. The fraction of sp³-hybridized carbons (Fsp3) is 0.538. The summed E-state index contributed by atoms with van der Waals surface area (Å²) in [6.45, 7) is 10.2. The molecule has 3 heterocycles. The summed E-state index contributed by atoms with van der Waals surface area (Å²) in [6, 6.07) is 0. The predicted octanol–water partition coefficient (Wildman–Crippen LogP) is 1.94. The average molecular weight is 291 g/mol. The van der Waals surface area contributed by atoms with Crippen molar-refractivity contribution in [2.75, 3.05) is 0 Å². The Morgan fingerprint density at radius 1 is 1.15 bits per heavy atom. The first-order chi connectivity index (χ1) is 9.30. The molecule has 0 aliphatic carbocycles. The summed E-state index contributed by atoms with van der Waals surface area (Å²) in [6.07, 6.45) is 5.50. The van der Waals surface area contributed by atoms with Crippen LogP contribution in [0.2, 0.25) is 0 Å². The molecule has 1 aliphatic heterocycles. The van der Waals surface area contributed by atoms with E-state index in [9.17, 15) is 0 Å². The van der Waals surface area contributed by atoms with E-state index in [0.29, 0.717) is 0 Å². The number of aryl methyl sites for hydroxylation is 1. The first-order valence-corrected chi connectivity index (χ1v) is 7.43. The van der Waals surface area contributed by atoms with Crippen LogP contribution in [0, 0.1) is 6.92 Å². The van der Waals surface area contributed by atoms with Crippen LogP contribution in [0.15, 0.2) is 18.6 Å². The number of rotatable bonds is 2. The third-order valence-corrected chi connectivity index (χ3v) is 5.05. The summed E-state index contributed by atoms with van der Waals surface area (Å²) in [7, 11) is -0.352. The lowest BCUT2D eigenvalue weighted by atomic mass is 9.89. The van der Waals surface area contributed by atoms with Gasteiger partial charge in [0.1, 0.15) is 5.82 Å². The summed E-state index contributed by atoms with van der Waals surface area (Å²) >= 11 is 1.57. The molecule has 20 heavy (non-hydrogen) atoms. The van der Waals surface area contributed by atoms with Crippen molar-refractivity contribution >= 4 is 23.2 Å². The van der Waals surface area contributed by atoms with Crippen molar-refractivity contribution in [1.29, 1.82) is 0 Å². The minimum atomic E-state index is -0.352. The third-order valence-electron chi connectivity index (χ3n) is 4.03. The lowest BCUT2D eigenvalue weighted by molar-refractivity contribution is 0.00578. The van der Waals surface area contributed by atoms with Crippen LogP contribution in [-0.2, 0) is 9.31 Å². The second-order valence-corrected chi connectivity index (χ2v) is 7.02. The van der Waals surface area contributed by atoms with E-state index in [-0.39, 0.29) is 18.3 Å². The lowest BCUT2D eigenvalue weighted by Gasteiger charge is -2.32. The highest BCUT2D eigenvalue weighted by Gasteiger charge is 2.52. The Labute approximate surface area is 123 Å². The molecule has 0 saturated carbocycles. The lowest BCUT2D eigenvalue weighted by Crippen LogP contribution is -2.41. The van der Waals surface area contributed by atoms with Crippen LogP contribution in [0.1, 0.15) is 33.5 Å². The minimum absolute atomic E-state index is 0.327. The molecule has 0 unspecified atom stereocenters. The predicted molar refractivity (Wildman–Crippen MR) is 79.7 cm³/mol. The third kappa shape index (κ3) is 2.10. The Bertz CT molecular complexity index is 619. The molecule has 0 N–H and O–H groups in total. The van der Waals surface area contributed by atoms with E-state index < -0.39 is 0 Å². The normalized spacial score (nSPS) is 20.6. The zero-order valence-corrected chi connectivity index (χ0v) is 13.2. The van der Waals surface area contributed by atoms with Crippen LogP contribution in [-0.4, -0.2) is 32.9 Å². The van der Waals surface area contributed by atoms with E-state index in [1.807, 2.05) is 23.9 Å². The van der Waals surface area contributed by atoms with Gasteiger partial charge in [0.25, 0.3) is 0 Å². The summed E-state index contributed by atoms with van der Waals surface area (Å²) in [4.78, 5) is 8.65. The average Bonchev–Trinajstić information content (AvgIpc) is 2.98. The fourth-order valence-electron chi connectivity index (χ4n) is 2.04. The van der Waals surface area contributed by atoms with Gasteiger partial charge in [-0.05, 0) is 34.6 Å². The highest BCUT2D eigenvalue weighted by molar-refractivity contribution is 7.24. The minimum Gasteiger partial charge on any atom is -0.399 e. The van der Waals surface area contributed by atoms with Crippen molar-refractivity contribution in [3.8, 4) is 5.13 Å². The van der Waals surface area contributed by atoms with Crippen LogP contribution in [0.4, 0.5) is 0 Å². The number of thiazole rings is 1. The maximum Gasteiger partial charge on any atom is 0.507 e. The number of imidazole rings is 1. The topological polar surface area (TPSA) is 49.2 Å². The van der Waals surface area contributed by atoms with E-state index in [4.69, 9.17) is 9.31 Å². The summed E-state index contributed by atoms with van der Waals surface area (Å²) in [5, 5.41) is 0.879. The Balaban J connectivity index is 1.88. The number of hydrogen-bond acceptors (Lipinski definition) is 5. The van der Waals surface area contributed by atoms with Crippen LogP contribution >= 0.6 is 11.3 Å². The molecule has 0 amide bonds. The number of nitrogens with zero attached hydrogens (tertiary/aromatic N) is 3. The van der Waals surface area contributed by atoms with Gasteiger partial charge in [0.15, 0.2) is 5.13 Å². The molecular formula is C13H18BN3O2S. The standard InChI is InChI=1S/C13H18BN3O2S/c1-9-15-6-7-17(9)11-16-8-10(20-11)14-18-12(2,3)13(4,5)19-14/h6-8H,1-5H3. The van der Waals surface area contributed by atoms with Crippen LogP contribution in [0.25, 0.3) is 5.13 Å². The van der Waals surface area contributed by atoms with Crippen molar-refractivity contribution in [3.05, 3.63) is 24.4 Å². The maximum atomic E-state index is 6.03. The molecule has 2 aromatic heterocycles. The van der Waals surface area contributed by atoms with Crippen molar-refractivity contribution in [1.82, 2.24) is 14.5 Å². The molecule has 5 nitrogen and oxygen atoms in total. The second-order valence-electron chi connectivity index (χ2n) is 5.98. The van der Waals surface area contributed by atoms with Gasteiger partial charge < -0.3 is 9.31 Å². The number of aromatic nitrogens is 3. The molecule has 106 valence electrons. The Kier molecular flexibility index (Phi) is 3.04. The Morgan fingerprint density at radius 2 is 1.80 bits per heavy atom. The smallest absolute Gasteiger partial charge is 0.399 e. The van der Waals surface area contributed by atoms with Gasteiger partial charge in [0, 0.05) is 18.6 Å². The zero-order chi connectivity index (χ0) is 14.5. The fourth-order valence-corrected chi connectivity index (χ4v) is 2.94. The van der Waals surface area contributed by atoms with Crippen LogP contribution in [0.3, 0.4) is 0 Å². The second kappa shape index (κ2) is 4.41. The summed E-state index contributed by atoms with van der Waals surface area (Å²) < 4.78 is 15.0. The Morgan fingerprint density at radius 3 is 2.35 bits per heavy atom. The Hall–Kier alpha value is -1.18. The molecule has 0 spiro atoms. The molecule has 3 rings (SSSR count). The quantitative estimate of drug-likeness (QED) is 0.793. The van der Waals surface area contributed by atoms with Gasteiger partial charge in [0.05, 0.1) is 16.0 Å². The van der Waals surface area contributed by atoms with Gasteiger partial charge in [-0.2, -0.15) is 0 Å².